The molecule has 1 fully saturated rings. The minimum Gasteiger partial charge on any atom is -0.185 e. The number of hydroxylamine groups is 3. The van der Waals surface area contributed by atoms with Crippen molar-refractivity contribution in [3.05, 3.63) is 10.4 Å². The van der Waals surface area contributed by atoms with Crippen LogP contribution in [0.15, 0.2) is 5.11 Å². The summed E-state index contributed by atoms with van der Waals surface area (Å²) in [5.41, 5.74) is 2.71. The Labute approximate surface area is 101 Å². The lowest BCUT2D eigenvalue weighted by Gasteiger charge is -2.35. The van der Waals surface area contributed by atoms with E-state index in [9.17, 15) is 21.6 Å². The van der Waals surface area contributed by atoms with Crippen LogP contribution in [0.4, 0.5) is 13.2 Å². The highest BCUT2D eigenvalue weighted by molar-refractivity contribution is 7.87. The molecule has 0 aromatic rings. The van der Waals surface area contributed by atoms with Crippen LogP contribution in [-0.2, 0) is 14.4 Å². The zero-order valence-corrected chi connectivity index (χ0v) is 10.1. The highest BCUT2D eigenvalue weighted by Gasteiger charge is 2.53. The van der Waals surface area contributed by atoms with Gasteiger partial charge in [-0.25, -0.2) is 0 Å². The highest BCUT2D eigenvalue weighted by Crippen LogP contribution is 2.30. The number of piperidine rings is 1. The van der Waals surface area contributed by atoms with Gasteiger partial charge in [0.15, 0.2) is 6.67 Å². The van der Waals surface area contributed by atoms with Gasteiger partial charge in [0.2, 0.25) is 0 Å². The van der Waals surface area contributed by atoms with Crippen LogP contribution < -0.4 is 0 Å². The van der Waals surface area contributed by atoms with Gasteiger partial charge >= 0.3 is 15.6 Å². The maximum atomic E-state index is 12.3. The van der Waals surface area contributed by atoms with Crippen LogP contribution in [0.2, 0.25) is 0 Å². The van der Waals surface area contributed by atoms with E-state index in [-0.39, 0.29) is 13.1 Å². The third kappa shape index (κ3) is 3.48. The van der Waals surface area contributed by atoms with Gasteiger partial charge in [0.1, 0.15) is 13.1 Å². The van der Waals surface area contributed by atoms with E-state index in [1.54, 1.807) is 0 Å². The molecular formula is C7H12F3N4O3S+. The summed E-state index contributed by atoms with van der Waals surface area (Å²) in [5, 5.41) is 3.13. The third-order valence-corrected chi connectivity index (χ3v) is 3.63. The van der Waals surface area contributed by atoms with Gasteiger partial charge in [-0.05, 0) is 29.9 Å². The average Bonchev–Trinajstić information content (AvgIpc) is 2.25. The van der Waals surface area contributed by atoms with Crippen LogP contribution in [-0.4, -0.2) is 38.3 Å². The molecule has 0 atom stereocenters. The first-order chi connectivity index (χ1) is 8.22. The van der Waals surface area contributed by atoms with Crippen LogP contribution >= 0.6 is 0 Å². The number of nitrogens with zero attached hydrogens (tertiary/aromatic N) is 4. The molecule has 0 aliphatic carbocycles. The molecule has 104 valence electrons. The number of alkyl halides is 3. The number of hydrogen-bond acceptors (Lipinski definition) is 4. The summed E-state index contributed by atoms with van der Waals surface area (Å²) in [6.45, 7) is -0.353. The molecule has 18 heavy (non-hydrogen) atoms. The maximum Gasteiger partial charge on any atom is 0.528 e. The van der Waals surface area contributed by atoms with Gasteiger partial charge < -0.3 is 0 Å². The Kier molecular flexibility index (Phi) is 4.43. The Morgan fingerprint density at radius 1 is 1.28 bits per heavy atom. The lowest BCUT2D eigenvalue weighted by Crippen LogP contribution is -2.54. The summed E-state index contributed by atoms with van der Waals surface area (Å²) in [4.78, 5) is 2.42. The summed E-state index contributed by atoms with van der Waals surface area (Å²) < 4.78 is 62.2. The van der Waals surface area contributed by atoms with Crippen molar-refractivity contribution in [2.45, 2.75) is 24.8 Å². The van der Waals surface area contributed by atoms with Crippen molar-refractivity contribution in [3.63, 3.8) is 0 Å². The van der Waals surface area contributed by atoms with Gasteiger partial charge in [-0.1, -0.05) is 4.28 Å². The molecule has 1 saturated heterocycles. The van der Waals surface area contributed by atoms with E-state index in [2.05, 4.69) is 14.3 Å². The predicted molar refractivity (Wildman–Crippen MR) is 53.9 cm³/mol. The second kappa shape index (κ2) is 5.31. The van der Waals surface area contributed by atoms with Crippen LogP contribution in [0.5, 0.6) is 0 Å². The van der Waals surface area contributed by atoms with Gasteiger partial charge in [-0.2, -0.15) is 26.2 Å². The molecule has 1 rings (SSSR count). The van der Waals surface area contributed by atoms with Crippen molar-refractivity contribution >= 4 is 10.1 Å². The van der Waals surface area contributed by atoms with Crippen LogP contribution in [0, 0.1) is 0 Å². The molecule has 0 saturated carbocycles. The van der Waals surface area contributed by atoms with Gasteiger partial charge in [0.05, 0.1) is 0 Å². The van der Waals surface area contributed by atoms with Gasteiger partial charge in [-0.3, -0.25) is 0 Å². The summed E-state index contributed by atoms with van der Waals surface area (Å²) in [7, 11) is -5.70. The lowest BCUT2D eigenvalue weighted by atomic mass is 10.1. The zero-order valence-electron chi connectivity index (χ0n) is 9.30. The first-order valence-corrected chi connectivity index (χ1v) is 6.53. The van der Waals surface area contributed by atoms with Crippen LogP contribution in [0.1, 0.15) is 19.3 Å². The Bertz CT molecular complexity index is 437. The molecule has 0 amide bonds. The van der Waals surface area contributed by atoms with Crippen molar-refractivity contribution in [1.29, 1.82) is 0 Å². The summed E-state index contributed by atoms with van der Waals surface area (Å²) in [6.07, 6.45) is 1.79. The third-order valence-electron chi connectivity index (χ3n) is 2.56. The van der Waals surface area contributed by atoms with Gasteiger partial charge in [-0.15, -0.1) is 0 Å². The molecule has 0 unspecified atom stereocenters. The van der Waals surface area contributed by atoms with E-state index in [4.69, 9.17) is 5.53 Å². The number of rotatable bonds is 4. The quantitative estimate of drug-likeness (QED) is 0.260. The van der Waals surface area contributed by atoms with E-state index in [1.165, 1.54) is 0 Å². The molecule has 0 aromatic carbocycles. The number of quaternary nitrogens is 1. The molecule has 1 aliphatic heterocycles. The van der Waals surface area contributed by atoms with E-state index in [1.807, 2.05) is 0 Å². The fourth-order valence-electron chi connectivity index (χ4n) is 1.72. The summed E-state index contributed by atoms with van der Waals surface area (Å²) in [6, 6.07) is 0. The molecule has 0 aromatic heterocycles. The Balaban J connectivity index is 2.95. The number of halogens is 3. The van der Waals surface area contributed by atoms with E-state index < -0.39 is 26.9 Å². The molecule has 0 radical (unpaired) electrons. The molecule has 0 N–H and O–H groups in total. The minimum absolute atomic E-state index is 0.0638. The van der Waals surface area contributed by atoms with Crippen molar-refractivity contribution in [1.82, 2.24) is 0 Å². The SMILES string of the molecule is [N-]=[N+]=NC[N+]1(OS(=O)(=O)C(F)(F)F)CCCCC1. The fraction of sp³-hybridized carbons (Fsp3) is 1.00. The monoisotopic (exact) mass is 289 g/mol. The summed E-state index contributed by atoms with van der Waals surface area (Å²) >= 11 is 0. The zero-order chi connectivity index (χ0) is 13.9. The Morgan fingerprint density at radius 3 is 2.28 bits per heavy atom. The second-order valence-electron chi connectivity index (χ2n) is 3.91. The Hall–Kier alpha value is -1.03. The highest BCUT2D eigenvalue weighted by atomic mass is 32.2. The van der Waals surface area contributed by atoms with Gasteiger partial charge in [0.25, 0.3) is 0 Å². The molecule has 11 heteroatoms. The molecule has 0 bridgehead atoms. The van der Waals surface area contributed by atoms with Crippen molar-refractivity contribution < 1.29 is 30.5 Å². The van der Waals surface area contributed by atoms with Crippen molar-refractivity contribution in [2.75, 3.05) is 19.8 Å². The average molecular weight is 289 g/mol. The van der Waals surface area contributed by atoms with Crippen molar-refractivity contribution in [3.8, 4) is 0 Å². The first kappa shape index (κ1) is 15.0. The maximum absolute atomic E-state index is 12.3. The number of azide groups is 1. The molecule has 7 nitrogen and oxygen atoms in total. The molecular weight excluding hydrogens is 277 g/mol. The van der Waals surface area contributed by atoms with Crippen LogP contribution in [0.3, 0.4) is 0 Å². The fourth-order valence-corrected chi connectivity index (χ4v) is 2.42. The topological polar surface area (TPSA) is 92.1 Å². The van der Waals surface area contributed by atoms with Gasteiger partial charge in [0, 0.05) is 4.91 Å². The molecule has 0 spiro atoms. The predicted octanol–water partition coefficient (Wildman–Crippen LogP) is 2.04. The Morgan fingerprint density at radius 2 is 1.83 bits per heavy atom. The smallest absolute Gasteiger partial charge is 0.185 e. The minimum atomic E-state index is -5.70. The second-order valence-corrected chi connectivity index (χ2v) is 5.43. The number of likely N-dealkylation sites (tertiary alicyclic amines) is 1. The van der Waals surface area contributed by atoms with E-state index >= 15 is 0 Å². The molecule has 1 aliphatic rings. The normalized spacial score (nSPS) is 20.2. The molecule has 1 heterocycles. The van der Waals surface area contributed by atoms with Crippen molar-refractivity contribution in [2.24, 2.45) is 5.11 Å². The first-order valence-electron chi connectivity index (χ1n) is 5.12. The van der Waals surface area contributed by atoms with E-state index in [0.29, 0.717) is 12.8 Å². The number of hydrogen-bond donors (Lipinski definition) is 0. The van der Waals surface area contributed by atoms with Crippen LogP contribution in [0.25, 0.3) is 10.4 Å². The lowest BCUT2D eigenvalue weighted by molar-refractivity contribution is -1.08. The summed E-state index contributed by atoms with van der Waals surface area (Å²) in [5.74, 6) is 0. The van der Waals surface area contributed by atoms with E-state index in [0.717, 1.165) is 6.42 Å². The largest absolute Gasteiger partial charge is 0.528 e. The standard InChI is InChI=1S/C7H12F3N4O3S/c8-7(9,10)18(15,16)17-14(6-12-13-11)4-2-1-3-5-14/h1-6H2/q+1.